The molecule has 0 bridgehead atoms. The van der Waals surface area contributed by atoms with Gasteiger partial charge in [0.25, 0.3) is 0 Å². The van der Waals surface area contributed by atoms with E-state index >= 15 is 0 Å². The summed E-state index contributed by atoms with van der Waals surface area (Å²) in [6.45, 7) is 7.24. The molecule has 17 nitrogen and oxygen atoms in total. The molecule has 0 aliphatic carbocycles. The van der Waals surface area contributed by atoms with Gasteiger partial charge < -0.3 is 33.8 Å². The third-order valence-electron chi connectivity index (χ3n) is 18.9. The van der Waals surface area contributed by atoms with E-state index in [2.05, 4.69) is 58.9 Å². The topological polar surface area (TPSA) is 237 Å². The summed E-state index contributed by atoms with van der Waals surface area (Å²) < 4.78 is 68.7. The molecule has 5 atom stereocenters. The van der Waals surface area contributed by atoms with Crippen molar-refractivity contribution in [1.29, 1.82) is 0 Å². The van der Waals surface area contributed by atoms with Crippen molar-refractivity contribution in [2.75, 3.05) is 39.6 Å². The lowest BCUT2D eigenvalue weighted by molar-refractivity contribution is -0.161. The monoisotopic (exact) mass is 1490 g/mol. The number of hydrogen-bond acceptors (Lipinski definition) is 15. The van der Waals surface area contributed by atoms with E-state index in [1.54, 1.807) is 0 Å². The Morgan fingerprint density at radius 3 is 0.804 bits per heavy atom. The molecule has 0 saturated heterocycles. The standard InChI is InChI=1S/C83H158O17P2/c1-6-9-12-15-18-21-24-27-30-32-33-34-35-38-41-44-47-54-59-64-69-82(87)99-78(72-93-80(85)66-61-56-51-45-42-39-37-31-28-25-22-19-16-13-10-7-2)74-97-101(89,90)95-70-77(84)71-96-102(91,92)98-75-79(73-94-81(86)67-62-57-52-49-48-50-55-60-65-76(4)5)100-83(88)68-63-58-53-46-43-40-36-29-26-23-20-17-14-11-8-3/h23,26,29,36,76-79,84H,6-22,24-25,27-28,30-35,37-75H2,1-5H3,(H,89,90)(H,91,92)/b26-23-,36-29-/t77-,78-,79-/m1/s1. The van der Waals surface area contributed by atoms with Crippen LogP contribution in [0.1, 0.15) is 420 Å². The second-order valence-electron chi connectivity index (χ2n) is 29.7. The van der Waals surface area contributed by atoms with Gasteiger partial charge in [-0.15, -0.1) is 0 Å². The first-order valence-corrected chi connectivity index (χ1v) is 45.4. The maximum atomic E-state index is 13.1. The van der Waals surface area contributed by atoms with Gasteiger partial charge in [0.15, 0.2) is 12.2 Å². The smallest absolute Gasteiger partial charge is 0.462 e. The summed E-state index contributed by atoms with van der Waals surface area (Å²) in [5.74, 6) is -1.41. The Labute approximate surface area is 624 Å². The molecule has 102 heavy (non-hydrogen) atoms. The Balaban J connectivity index is 5.27. The molecule has 0 rings (SSSR count). The Morgan fingerprint density at radius 2 is 0.529 bits per heavy atom. The van der Waals surface area contributed by atoms with Gasteiger partial charge in [0.05, 0.1) is 26.4 Å². The molecule has 0 aromatic carbocycles. The van der Waals surface area contributed by atoms with Crippen LogP contribution in [0.15, 0.2) is 24.3 Å². The number of rotatable bonds is 81. The Hall–Kier alpha value is -2.46. The molecule has 0 fully saturated rings. The number of carbonyl (C=O) groups is 4. The van der Waals surface area contributed by atoms with Gasteiger partial charge in [-0.05, 0) is 57.3 Å². The summed E-state index contributed by atoms with van der Waals surface area (Å²) >= 11 is 0. The predicted octanol–water partition coefficient (Wildman–Crippen LogP) is 24.8. The first-order valence-electron chi connectivity index (χ1n) is 42.5. The second kappa shape index (κ2) is 75.4. The van der Waals surface area contributed by atoms with E-state index in [4.69, 9.17) is 37.0 Å². The van der Waals surface area contributed by atoms with E-state index in [0.29, 0.717) is 25.7 Å². The number of ether oxygens (including phenoxy) is 4. The van der Waals surface area contributed by atoms with E-state index < -0.39 is 97.5 Å². The molecular formula is C83H158O17P2. The Morgan fingerprint density at radius 1 is 0.304 bits per heavy atom. The fourth-order valence-electron chi connectivity index (χ4n) is 12.4. The summed E-state index contributed by atoms with van der Waals surface area (Å²) in [4.78, 5) is 73.1. The second-order valence-corrected chi connectivity index (χ2v) is 32.6. The molecule has 0 heterocycles. The van der Waals surface area contributed by atoms with Gasteiger partial charge >= 0.3 is 39.5 Å². The van der Waals surface area contributed by atoms with Crippen molar-refractivity contribution < 1.29 is 80.2 Å². The lowest BCUT2D eigenvalue weighted by Crippen LogP contribution is -2.30. The van der Waals surface area contributed by atoms with Crippen LogP contribution >= 0.6 is 15.6 Å². The number of esters is 4. The quantitative estimate of drug-likeness (QED) is 0.0169. The normalized spacial score (nSPS) is 14.0. The third kappa shape index (κ3) is 75.8. The van der Waals surface area contributed by atoms with Crippen molar-refractivity contribution in [3.63, 3.8) is 0 Å². The molecule has 0 aliphatic rings. The fraction of sp³-hybridized carbons (Fsp3) is 0.904. The van der Waals surface area contributed by atoms with Crippen molar-refractivity contribution in [2.45, 2.75) is 438 Å². The van der Waals surface area contributed by atoms with Crippen LogP contribution in [0.5, 0.6) is 0 Å². The van der Waals surface area contributed by atoms with E-state index in [1.165, 1.54) is 231 Å². The first-order chi connectivity index (χ1) is 49.5. The number of phosphoric ester groups is 2. The van der Waals surface area contributed by atoms with Gasteiger partial charge in [-0.25, -0.2) is 9.13 Å². The van der Waals surface area contributed by atoms with Crippen molar-refractivity contribution in [3.8, 4) is 0 Å². The number of hydrogen-bond donors (Lipinski definition) is 3. The molecule has 0 aliphatic heterocycles. The maximum absolute atomic E-state index is 13.1. The van der Waals surface area contributed by atoms with Crippen LogP contribution in [-0.2, 0) is 65.4 Å². The predicted molar refractivity (Wildman–Crippen MR) is 418 cm³/mol. The minimum Gasteiger partial charge on any atom is -0.462 e. The molecule has 602 valence electrons. The van der Waals surface area contributed by atoms with Crippen LogP contribution in [0.3, 0.4) is 0 Å². The van der Waals surface area contributed by atoms with Crippen LogP contribution in [0.4, 0.5) is 0 Å². The van der Waals surface area contributed by atoms with Gasteiger partial charge in [0, 0.05) is 25.7 Å². The number of unbranched alkanes of at least 4 members (excludes halogenated alkanes) is 50. The third-order valence-corrected chi connectivity index (χ3v) is 20.8. The number of aliphatic hydroxyl groups is 1. The molecule has 0 saturated carbocycles. The van der Waals surface area contributed by atoms with E-state index in [9.17, 15) is 43.2 Å². The number of aliphatic hydroxyl groups excluding tert-OH is 1. The molecular weight excluding hydrogens is 1330 g/mol. The zero-order valence-electron chi connectivity index (χ0n) is 66.2. The number of allylic oxidation sites excluding steroid dienone is 4. The first kappa shape index (κ1) is 99.5. The highest BCUT2D eigenvalue weighted by molar-refractivity contribution is 7.47. The lowest BCUT2D eigenvalue weighted by Gasteiger charge is -2.21. The van der Waals surface area contributed by atoms with Gasteiger partial charge in [0.2, 0.25) is 0 Å². The van der Waals surface area contributed by atoms with Crippen molar-refractivity contribution in [3.05, 3.63) is 24.3 Å². The highest BCUT2D eigenvalue weighted by Gasteiger charge is 2.30. The van der Waals surface area contributed by atoms with Crippen LogP contribution in [0, 0.1) is 5.92 Å². The molecule has 0 aromatic rings. The summed E-state index contributed by atoms with van der Waals surface area (Å²) in [6, 6.07) is 0. The zero-order chi connectivity index (χ0) is 74.8. The van der Waals surface area contributed by atoms with Crippen LogP contribution in [0.2, 0.25) is 0 Å². The highest BCUT2D eigenvalue weighted by Crippen LogP contribution is 2.45. The summed E-state index contributed by atoms with van der Waals surface area (Å²) in [7, 11) is -9.93. The van der Waals surface area contributed by atoms with Gasteiger partial charge in [-0.3, -0.25) is 37.3 Å². The number of phosphoric acid groups is 2. The summed E-state index contributed by atoms with van der Waals surface area (Å²) in [5, 5.41) is 10.7. The lowest BCUT2D eigenvalue weighted by atomic mass is 10.0. The minimum absolute atomic E-state index is 0.0849. The Bertz CT molecular complexity index is 2040. The van der Waals surface area contributed by atoms with Crippen molar-refractivity contribution in [2.24, 2.45) is 5.92 Å². The summed E-state index contributed by atoms with van der Waals surface area (Å²) in [6.07, 6.45) is 70.3. The molecule has 0 aromatic heterocycles. The van der Waals surface area contributed by atoms with Gasteiger partial charge in [0.1, 0.15) is 19.3 Å². The molecule has 2 unspecified atom stereocenters. The van der Waals surface area contributed by atoms with E-state index in [-0.39, 0.29) is 25.7 Å². The highest BCUT2D eigenvalue weighted by atomic mass is 31.2. The van der Waals surface area contributed by atoms with Crippen molar-refractivity contribution >= 4 is 39.5 Å². The number of carbonyl (C=O) groups excluding carboxylic acids is 4. The molecule has 0 amide bonds. The van der Waals surface area contributed by atoms with E-state index in [0.717, 1.165) is 109 Å². The van der Waals surface area contributed by atoms with Crippen LogP contribution in [-0.4, -0.2) is 96.7 Å². The molecule has 19 heteroatoms. The van der Waals surface area contributed by atoms with Gasteiger partial charge in [-0.2, -0.15) is 0 Å². The maximum Gasteiger partial charge on any atom is 0.472 e. The molecule has 3 N–H and O–H groups in total. The molecule has 0 radical (unpaired) electrons. The van der Waals surface area contributed by atoms with Crippen molar-refractivity contribution in [1.82, 2.24) is 0 Å². The largest absolute Gasteiger partial charge is 0.472 e. The van der Waals surface area contributed by atoms with E-state index in [1.807, 2.05) is 0 Å². The minimum atomic E-state index is -4.97. The SMILES string of the molecule is CCCCCC/C=C\C=C/CCCCCCCC(=O)O[C@H](COC(=O)CCCCCCCCCCC(C)C)COP(=O)(O)OC[C@H](O)COP(=O)(O)OC[C@@H](COC(=O)CCCCCCCCCCCCCCCCCC)OC(=O)CCCCCCCCCCCCCCCCCCCCCC. The zero-order valence-corrected chi connectivity index (χ0v) is 68.0. The average molecular weight is 1490 g/mol. The Kier molecular flexibility index (Phi) is 73.5. The fourth-order valence-corrected chi connectivity index (χ4v) is 14.0. The average Bonchev–Trinajstić information content (AvgIpc) is 0.941. The van der Waals surface area contributed by atoms with Gasteiger partial charge in [-0.1, -0.05) is 367 Å². The summed E-state index contributed by atoms with van der Waals surface area (Å²) in [5.41, 5.74) is 0. The molecule has 0 spiro atoms. The van der Waals surface area contributed by atoms with Crippen LogP contribution in [0.25, 0.3) is 0 Å². The van der Waals surface area contributed by atoms with Crippen LogP contribution < -0.4 is 0 Å².